The van der Waals surface area contributed by atoms with Gasteiger partial charge in [-0.15, -0.1) is 10.2 Å². The summed E-state index contributed by atoms with van der Waals surface area (Å²) in [6.45, 7) is 1.78. The second-order valence-corrected chi connectivity index (χ2v) is 6.73. The summed E-state index contributed by atoms with van der Waals surface area (Å²) in [5, 5.41) is 14.5. The van der Waals surface area contributed by atoms with Crippen LogP contribution in [0.3, 0.4) is 0 Å². The van der Waals surface area contributed by atoms with E-state index >= 15 is 0 Å². The molecule has 2 heterocycles. The normalized spacial score (nSPS) is 17.4. The molecule has 3 aromatic rings. The van der Waals surface area contributed by atoms with Crippen molar-refractivity contribution in [2.45, 2.75) is 12.5 Å². The molecule has 0 bridgehead atoms. The molecule has 1 unspecified atom stereocenters. The number of likely N-dealkylation sites (N-methyl/N-ethyl adjacent to an activating group) is 1. The first-order valence-electron chi connectivity index (χ1n) is 8.30. The maximum Gasteiger partial charge on any atom is 0.159 e. The zero-order valence-corrected chi connectivity index (χ0v) is 14.6. The number of aromatic nitrogens is 2. The van der Waals surface area contributed by atoms with Crippen LogP contribution in [0.25, 0.3) is 22.0 Å². The number of anilines is 1. The van der Waals surface area contributed by atoms with Crippen LogP contribution in [0.2, 0.25) is 5.02 Å². The summed E-state index contributed by atoms with van der Waals surface area (Å²) in [5.74, 6) is 0.529. The number of rotatable bonds is 3. The predicted molar refractivity (Wildman–Crippen MR) is 99.6 cm³/mol. The van der Waals surface area contributed by atoms with Gasteiger partial charge in [0.15, 0.2) is 5.82 Å². The van der Waals surface area contributed by atoms with Crippen molar-refractivity contribution in [2.24, 2.45) is 0 Å². The molecule has 0 amide bonds. The highest BCUT2D eigenvalue weighted by molar-refractivity contribution is 6.30. The molecular weight excluding hydrogens is 339 g/mol. The van der Waals surface area contributed by atoms with Gasteiger partial charge in [-0.05, 0) is 43.8 Å². The van der Waals surface area contributed by atoms with E-state index in [9.17, 15) is 4.39 Å². The number of hydrogen-bond acceptors (Lipinski definition) is 4. The van der Waals surface area contributed by atoms with E-state index in [-0.39, 0.29) is 5.82 Å². The summed E-state index contributed by atoms with van der Waals surface area (Å²) in [6.07, 6.45) is 1.06. The van der Waals surface area contributed by atoms with Gasteiger partial charge in [-0.1, -0.05) is 23.7 Å². The van der Waals surface area contributed by atoms with Gasteiger partial charge >= 0.3 is 0 Å². The average molecular weight is 357 g/mol. The minimum absolute atomic E-state index is 0.281. The summed E-state index contributed by atoms with van der Waals surface area (Å²) < 4.78 is 13.9. The highest BCUT2D eigenvalue weighted by Gasteiger charge is 2.24. The molecule has 1 fully saturated rings. The Bertz CT molecular complexity index is 913. The third kappa shape index (κ3) is 3.05. The maximum atomic E-state index is 13.9. The molecule has 4 nitrogen and oxygen atoms in total. The van der Waals surface area contributed by atoms with Gasteiger partial charge in [0.05, 0.1) is 0 Å². The number of hydrogen-bond donors (Lipinski definition) is 1. The molecule has 0 saturated carbocycles. The van der Waals surface area contributed by atoms with Crippen molar-refractivity contribution in [3.8, 4) is 11.3 Å². The molecule has 0 radical (unpaired) electrons. The van der Waals surface area contributed by atoms with Crippen molar-refractivity contribution in [2.75, 3.05) is 25.0 Å². The lowest BCUT2D eigenvalue weighted by Gasteiger charge is -2.19. The maximum absolute atomic E-state index is 13.9. The monoisotopic (exact) mass is 356 g/mol. The third-order valence-corrected chi connectivity index (χ3v) is 4.99. The fourth-order valence-electron chi connectivity index (χ4n) is 3.36. The standard InChI is InChI=1S/C19H18ClFN4/c1-22-15-8-9-25(11-15)19-16-7-6-14(21)10-17(16)18(23-24-19)12-2-4-13(20)5-3-12/h2-7,10,15,22H,8-9,11H2,1H3. The zero-order valence-electron chi connectivity index (χ0n) is 13.8. The molecule has 0 aliphatic carbocycles. The van der Waals surface area contributed by atoms with Gasteiger partial charge in [0.2, 0.25) is 0 Å². The van der Waals surface area contributed by atoms with Crippen LogP contribution in [-0.2, 0) is 0 Å². The molecule has 128 valence electrons. The first-order chi connectivity index (χ1) is 12.2. The molecule has 1 aliphatic rings. The van der Waals surface area contributed by atoms with Gasteiger partial charge < -0.3 is 10.2 Å². The fraction of sp³-hybridized carbons (Fsp3) is 0.263. The molecule has 1 saturated heterocycles. The van der Waals surface area contributed by atoms with Crippen LogP contribution in [0.4, 0.5) is 10.2 Å². The third-order valence-electron chi connectivity index (χ3n) is 4.74. The van der Waals surface area contributed by atoms with Gasteiger partial charge in [0.1, 0.15) is 11.5 Å². The zero-order chi connectivity index (χ0) is 17.4. The van der Waals surface area contributed by atoms with Crippen LogP contribution in [0.5, 0.6) is 0 Å². The van der Waals surface area contributed by atoms with Crippen LogP contribution in [0.1, 0.15) is 6.42 Å². The van der Waals surface area contributed by atoms with Crippen LogP contribution in [0.15, 0.2) is 42.5 Å². The van der Waals surface area contributed by atoms with Crippen molar-refractivity contribution in [3.63, 3.8) is 0 Å². The topological polar surface area (TPSA) is 41.0 Å². The quantitative estimate of drug-likeness (QED) is 0.773. The number of fused-ring (bicyclic) bond motifs is 1. The predicted octanol–water partition coefficient (Wildman–Crippen LogP) is 3.89. The molecular formula is C19H18ClFN4. The highest BCUT2D eigenvalue weighted by atomic mass is 35.5. The highest BCUT2D eigenvalue weighted by Crippen LogP contribution is 2.33. The Hall–Kier alpha value is -2.24. The summed E-state index contributed by atoms with van der Waals surface area (Å²) in [7, 11) is 1.97. The van der Waals surface area contributed by atoms with Gasteiger partial charge in [-0.25, -0.2) is 4.39 Å². The minimum Gasteiger partial charge on any atom is -0.353 e. The lowest BCUT2D eigenvalue weighted by atomic mass is 10.0. The lowest BCUT2D eigenvalue weighted by Crippen LogP contribution is -2.30. The molecule has 1 aromatic heterocycles. The van der Waals surface area contributed by atoms with E-state index in [1.54, 1.807) is 18.2 Å². The average Bonchev–Trinajstić information content (AvgIpc) is 3.10. The molecule has 6 heteroatoms. The van der Waals surface area contributed by atoms with E-state index in [1.807, 2.05) is 19.2 Å². The number of nitrogens with one attached hydrogen (secondary N) is 1. The fourth-order valence-corrected chi connectivity index (χ4v) is 3.48. The second kappa shape index (κ2) is 6.58. The Morgan fingerprint density at radius 3 is 2.64 bits per heavy atom. The molecule has 1 atom stereocenters. The molecule has 1 N–H and O–H groups in total. The lowest BCUT2D eigenvalue weighted by molar-refractivity contribution is 0.616. The van der Waals surface area contributed by atoms with E-state index in [0.717, 1.165) is 41.7 Å². The van der Waals surface area contributed by atoms with Crippen molar-refractivity contribution in [1.82, 2.24) is 15.5 Å². The van der Waals surface area contributed by atoms with E-state index < -0.39 is 0 Å². The Balaban J connectivity index is 1.85. The molecule has 25 heavy (non-hydrogen) atoms. The van der Waals surface area contributed by atoms with Gasteiger partial charge in [-0.2, -0.15) is 0 Å². The summed E-state index contributed by atoms with van der Waals surface area (Å²) in [5.41, 5.74) is 1.54. The SMILES string of the molecule is CNC1CCN(c2nnc(-c3ccc(Cl)cc3)c3cc(F)ccc23)C1. The van der Waals surface area contributed by atoms with Crippen molar-refractivity contribution < 1.29 is 4.39 Å². The molecule has 0 spiro atoms. The van der Waals surface area contributed by atoms with Crippen LogP contribution in [0, 0.1) is 5.82 Å². The summed E-state index contributed by atoms with van der Waals surface area (Å²) >= 11 is 5.97. The number of nitrogens with zero attached hydrogens (tertiary/aromatic N) is 3. The van der Waals surface area contributed by atoms with E-state index in [2.05, 4.69) is 20.4 Å². The molecule has 1 aliphatic heterocycles. The van der Waals surface area contributed by atoms with Gasteiger partial charge in [0.25, 0.3) is 0 Å². The van der Waals surface area contributed by atoms with Crippen molar-refractivity contribution in [3.05, 3.63) is 53.3 Å². The van der Waals surface area contributed by atoms with Gasteiger partial charge in [0, 0.05) is 40.5 Å². The second-order valence-electron chi connectivity index (χ2n) is 6.29. The first kappa shape index (κ1) is 16.2. The Morgan fingerprint density at radius 1 is 1.12 bits per heavy atom. The van der Waals surface area contributed by atoms with Crippen molar-refractivity contribution >= 4 is 28.2 Å². The van der Waals surface area contributed by atoms with Crippen LogP contribution in [-0.4, -0.2) is 36.4 Å². The number of benzene rings is 2. The smallest absolute Gasteiger partial charge is 0.159 e. The molecule has 2 aromatic carbocycles. The summed E-state index contributed by atoms with van der Waals surface area (Å²) in [6, 6.07) is 12.6. The van der Waals surface area contributed by atoms with E-state index in [0.29, 0.717) is 16.8 Å². The summed E-state index contributed by atoms with van der Waals surface area (Å²) in [4.78, 5) is 2.21. The minimum atomic E-state index is -0.281. The van der Waals surface area contributed by atoms with E-state index in [1.165, 1.54) is 12.1 Å². The van der Waals surface area contributed by atoms with E-state index in [4.69, 9.17) is 11.6 Å². The van der Waals surface area contributed by atoms with Crippen LogP contribution >= 0.6 is 11.6 Å². The van der Waals surface area contributed by atoms with Gasteiger partial charge in [-0.3, -0.25) is 0 Å². The van der Waals surface area contributed by atoms with Crippen molar-refractivity contribution in [1.29, 1.82) is 0 Å². The Labute approximate surface area is 150 Å². The Morgan fingerprint density at radius 2 is 1.92 bits per heavy atom. The number of halogens is 2. The Kier molecular flexibility index (Phi) is 4.27. The molecule has 4 rings (SSSR count). The van der Waals surface area contributed by atoms with Crippen LogP contribution < -0.4 is 10.2 Å². The first-order valence-corrected chi connectivity index (χ1v) is 8.67. The largest absolute Gasteiger partial charge is 0.353 e.